The van der Waals surface area contributed by atoms with Crippen LogP contribution in [0.5, 0.6) is 0 Å². The third-order valence-electron chi connectivity index (χ3n) is 6.14. The summed E-state index contributed by atoms with van der Waals surface area (Å²) in [6, 6.07) is 25.9. The van der Waals surface area contributed by atoms with Crippen molar-refractivity contribution in [3.05, 3.63) is 101 Å². The summed E-state index contributed by atoms with van der Waals surface area (Å²) in [6.45, 7) is 7.25. The van der Waals surface area contributed by atoms with Crippen molar-refractivity contribution < 1.29 is 9.59 Å². The maximum atomic E-state index is 13.7. The molecule has 36 heavy (non-hydrogen) atoms. The summed E-state index contributed by atoms with van der Waals surface area (Å²) in [7, 11) is 0. The molecule has 0 spiro atoms. The topological polar surface area (TPSA) is 49.4 Å². The predicted molar refractivity (Wildman–Crippen MR) is 150 cm³/mol. The normalized spacial score (nSPS) is 11.6. The molecule has 0 bridgehead atoms. The van der Waals surface area contributed by atoms with Crippen LogP contribution in [0.4, 0.5) is 0 Å². The van der Waals surface area contributed by atoms with E-state index in [2.05, 4.69) is 49.5 Å². The van der Waals surface area contributed by atoms with Gasteiger partial charge in [-0.3, -0.25) is 9.59 Å². The van der Waals surface area contributed by atoms with Gasteiger partial charge in [0.1, 0.15) is 6.04 Å². The molecule has 0 fully saturated rings. The summed E-state index contributed by atoms with van der Waals surface area (Å²) in [5.74, 6) is 0.587. The first-order valence-electron chi connectivity index (χ1n) is 12.8. The Morgan fingerprint density at radius 3 is 2.31 bits per heavy atom. The zero-order valence-electron chi connectivity index (χ0n) is 21.7. The van der Waals surface area contributed by atoms with Gasteiger partial charge in [0, 0.05) is 36.6 Å². The first kappa shape index (κ1) is 27.5. The lowest BCUT2D eigenvalue weighted by atomic mass is 10.0. The highest BCUT2D eigenvalue weighted by atomic mass is 32.2. The molecule has 0 saturated heterocycles. The van der Waals surface area contributed by atoms with Gasteiger partial charge in [-0.25, -0.2) is 0 Å². The van der Waals surface area contributed by atoms with Crippen LogP contribution < -0.4 is 5.32 Å². The van der Waals surface area contributed by atoms with Crippen LogP contribution in [-0.4, -0.2) is 35.1 Å². The summed E-state index contributed by atoms with van der Waals surface area (Å²) in [6.07, 6.45) is 2.79. The van der Waals surface area contributed by atoms with Gasteiger partial charge in [0.2, 0.25) is 11.8 Å². The van der Waals surface area contributed by atoms with Crippen LogP contribution >= 0.6 is 11.8 Å². The third-order valence-corrected chi connectivity index (χ3v) is 7.16. The molecule has 5 heteroatoms. The first-order valence-corrected chi connectivity index (χ1v) is 13.8. The Morgan fingerprint density at radius 2 is 1.61 bits per heavy atom. The molecule has 0 aliphatic heterocycles. The Labute approximate surface area is 220 Å². The van der Waals surface area contributed by atoms with Crippen molar-refractivity contribution in [2.24, 2.45) is 0 Å². The Bertz CT molecular complexity index is 1100. The fourth-order valence-corrected chi connectivity index (χ4v) is 4.94. The maximum Gasteiger partial charge on any atom is 0.243 e. The highest BCUT2D eigenvalue weighted by Crippen LogP contribution is 2.21. The number of rotatable bonds is 13. The molecule has 3 aromatic carbocycles. The number of amides is 2. The van der Waals surface area contributed by atoms with E-state index in [-0.39, 0.29) is 11.8 Å². The van der Waals surface area contributed by atoms with Crippen LogP contribution in [0.1, 0.15) is 48.4 Å². The van der Waals surface area contributed by atoms with Crippen LogP contribution in [-0.2, 0) is 22.6 Å². The van der Waals surface area contributed by atoms with Crippen molar-refractivity contribution in [3.8, 4) is 0 Å². The Morgan fingerprint density at radius 1 is 0.889 bits per heavy atom. The van der Waals surface area contributed by atoms with Gasteiger partial charge < -0.3 is 10.2 Å². The maximum absolute atomic E-state index is 13.7. The number of carbonyl (C=O) groups excluding carboxylic acids is 2. The lowest BCUT2D eigenvalue weighted by Gasteiger charge is -2.32. The highest BCUT2D eigenvalue weighted by molar-refractivity contribution is 7.99. The third kappa shape index (κ3) is 8.87. The number of benzene rings is 3. The van der Waals surface area contributed by atoms with Crippen LogP contribution in [0.15, 0.2) is 83.8 Å². The van der Waals surface area contributed by atoms with Gasteiger partial charge in [-0.15, -0.1) is 11.8 Å². The number of hydrogen-bond acceptors (Lipinski definition) is 3. The van der Waals surface area contributed by atoms with E-state index in [1.54, 1.807) is 16.7 Å². The van der Waals surface area contributed by atoms with E-state index >= 15 is 0 Å². The molecule has 190 valence electrons. The van der Waals surface area contributed by atoms with E-state index in [9.17, 15) is 9.59 Å². The standard InChI is InChI=1S/C31H38N2O2S/c1-4-5-19-32-31(35)29(22-26-11-7-6-8-12-26)33(23-27-13-9-10-25(3)21-27)30(34)18-20-36-28-16-14-24(2)15-17-28/h6-17,21,29H,4-5,18-20,22-23H2,1-3H3,(H,32,35)/t29-/m0/s1. The molecule has 3 aromatic rings. The van der Waals surface area contributed by atoms with Crippen molar-refractivity contribution in [1.82, 2.24) is 10.2 Å². The largest absolute Gasteiger partial charge is 0.354 e. The summed E-state index contributed by atoms with van der Waals surface area (Å²) >= 11 is 1.68. The van der Waals surface area contributed by atoms with Gasteiger partial charge in [-0.05, 0) is 43.5 Å². The number of thioether (sulfide) groups is 1. The van der Waals surface area contributed by atoms with E-state index < -0.39 is 6.04 Å². The molecule has 3 rings (SSSR count). The Balaban J connectivity index is 1.82. The second-order valence-electron chi connectivity index (χ2n) is 9.27. The smallest absolute Gasteiger partial charge is 0.243 e. The van der Waals surface area contributed by atoms with E-state index in [4.69, 9.17) is 0 Å². The zero-order valence-corrected chi connectivity index (χ0v) is 22.5. The number of unbranched alkanes of at least 4 members (excludes halogenated alkanes) is 1. The molecule has 1 N–H and O–H groups in total. The highest BCUT2D eigenvalue weighted by Gasteiger charge is 2.30. The second kappa shape index (κ2) is 14.5. The molecule has 0 radical (unpaired) electrons. The molecule has 0 aromatic heterocycles. The molecular formula is C31H38N2O2S. The predicted octanol–water partition coefficient (Wildman–Crippen LogP) is 6.34. The Hall–Kier alpha value is -3.05. The van der Waals surface area contributed by atoms with E-state index in [0.717, 1.165) is 34.4 Å². The summed E-state index contributed by atoms with van der Waals surface area (Å²) in [4.78, 5) is 30.1. The summed E-state index contributed by atoms with van der Waals surface area (Å²) in [5, 5.41) is 3.09. The number of carbonyl (C=O) groups is 2. The molecular weight excluding hydrogens is 464 g/mol. The molecule has 0 heterocycles. The van der Waals surface area contributed by atoms with Crippen molar-refractivity contribution in [2.45, 2.75) is 63.9 Å². The number of nitrogens with zero attached hydrogens (tertiary/aromatic N) is 1. The first-order chi connectivity index (χ1) is 17.5. The molecule has 2 amide bonds. The molecule has 0 aliphatic carbocycles. The van der Waals surface area contributed by atoms with Gasteiger partial charge in [0.05, 0.1) is 0 Å². The quantitative estimate of drug-likeness (QED) is 0.219. The fourth-order valence-electron chi connectivity index (χ4n) is 4.10. The monoisotopic (exact) mass is 502 g/mol. The van der Waals surface area contributed by atoms with Gasteiger partial charge in [-0.1, -0.05) is 91.2 Å². The van der Waals surface area contributed by atoms with Gasteiger partial charge >= 0.3 is 0 Å². The van der Waals surface area contributed by atoms with Gasteiger partial charge in [0.25, 0.3) is 0 Å². The van der Waals surface area contributed by atoms with E-state index in [1.807, 2.05) is 55.5 Å². The van der Waals surface area contributed by atoms with Crippen LogP contribution in [0.3, 0.4) is 0 Å². The average Bonchev–Trinajstić information content (AvgIpc) is 2.88. The molecule has 0 saturated carbocycles. The van der Waals surface area contributed by atoms with Crippen LogP contribution in [0, 0.1) is 13.8 Å². The number of hydrogen-bond donors (Lipinski definition) is 1. The molecule has 1 atom stereocenters. The lowest BCUT2D eigenvalue weighted by molar-refractivity contribution is -0.141. The minimum Gasteiger partial charge on any atom is -0.354 e. The molecule has 0 aliphatic rings. The van der Waals surface area contributed by atoms with Crippen LogP contribution in [0.25, 0.3) is 0 Å². The second-order valence-corrected chi connectivity index (χ2v) is 10.4. The van der Waals surface area contributed by atoms with Gasteiger partial charge in [-0.2, -0.15) is 0 Å². The molecule has 0 unspecified atom stereocenters. The number of nitrogens with one attached hydrogen (secondary N) is 1. The zero-order chi connectivity index (χ0) is 25.8. The minimum atomic E-state index is -0.568. The lowest BCUT2D eigenvalue weighted by Crippen LogP contribution is -2.50. The Kier molecular flexibility index (Phi) is 11.1. The number of aryl methyl sites for hydroxylation is 2. The summed E-state index contributed by atoms with van der Waals surface area (Å²) in [5.41, 5.74) is 4.44. The van der Waals surface area contributed by atoms with Crippen LogP contribution in [0.2, 0.25) is 0 Å². The molecule has 4 nitrogen and oxygen atoms in total. The minimum absolute atomic E-state index is 0.00249. The van der Waals surface area contributed by atoms with E-state index in [0.29, 0.717) is 31.7 Å². The van der Waals surface area contributed by atoms with Gasteiger partial charge in [0.15, 0.2) is 0 Å². The van der Waals surface area contributed by atoms with Crippen molar-refractivity contribution in [3.63, 3.8) is 0 Å². The van der Waals surface area contributed by atoms with Crippen molar-refractivity contribution >= 4 is 23.6 Å². The average molecular weight is 503 g/mol. The van der Waals surface area contributed by atoms with Crippen molar-refractivity contribution in [2.75, 3.05) is 12.3 Å². The van der Waals surface area contributed by atoms with Crippen molar-refractivity contribution in [1.29, 1.82) is 0 Å². The summed E-state index contributed by atoms with van der Waals surface area (Å²) < 4.78 is 0. The SMILES string of the molecule is CCCCNC(=O)[C@H](Cc1ccccc1)N(Cc1cccc(C)c1)C(=O)CCSc1ccc(C)cc1. The van der Waals surface area contributed by atoms with E-state index in [1.165, 1.54) is 5.56 Å². The fraction of sp³-hybridized carbons (Fsp3) is 0.355.